The summed E-state index contributed by atoms with van der Waals surface area (Å²) in [4.78, 5) is 10.5. The largest absolute Gasteiger partial charge is 0.497 e. The van der Waals surface area contributed by atoms with Gasteiger partial charge in [-0.15, -0.1) is 0 Å². The lowest BCUT2D eigenvalue weighted by atomic mass is 10.1. The smallest absolute Gasteiger partial charge is 0.311 e. The van der Waals surface area contributed by atoms with Gasteiger partial charge in [-0.2, -0.15) is 0 Å². The summed E-state index contributed by atoms with van der Waals surface area (Å²) in [6, 6.07) is 4.40. The highest BCUT2D eigenvalue weighted by Crippen LogP contribution is 2.31. The Hall–Kier alpha value is -2.08. The zero-order valence-corrected chi connectivity index (χ0v) is 12.9. The van der Waals surface area contributed by atoms with Crippen LogP contribution >= 0.6 is 0 Å². The van der Waals surface area contributed by atoms with Gasteiger partial charge in [-0.1, -0.05) is 6.58 Å². The maximum Gasteiger partial charge on any atom is 0.311 e. The van der Waals surface area contributed by atoms with E-state index in [4.69, 9.17) is 9.47 Å². The molecular formula is C15H22N2O4. The zero-order valence-electron chi connectivity index (χ0n) is 12.9. The fourth-order valence-electron chi connectivity index (χ4n) is 1.51. The summed E-state index contributed by atoms with van der Waals surface area (Å²) in [6.07, 6.45) is 0. The molecule has 6 nitrogen and oxygen atoms in total. The Balaban J connectivity index is 2.69. The second-order valence-electron chi connectivity index (χ2n) is 5.73. The van der Waals surface area contributed by atoms with Gasteiger partial charge < -0.3 is 14.8 Å². The van der Waals surface area contributed by atoms with Gasteiger partial charge in [0.25, 0.3) is 0 Å². The van der Waals surface area contributed by atoms with Crippen LogP contribution in [0.4, 0.5) is 5.69 Å². The van der Waals surface area contributed by atoms with Crippen LogP contribution in [0.1, 0.15) is 20.8 Å². The number of nitro benzene ring substituents is 1. The van der Waals surface area contributed by atoms with E-state index in [-0.39, 0.29) is 23.6 Å². The van der Waals surface area contributed by atoms with Crippen LogP contribution in [0.3, 0.4) is 0 Å². The van der Waals surface area contributed by atoms with E-state index < -0.39 is 4.92 Å². The van der Waals surface area contributed by atoms with Crippen molar-refractivity contribution in [2.24, 2.45) is 0 Å². The van der Waals surface area contributed by atoms with Gasteiger partial charge in [0, 0.05) is 24.2 Å². The predicted octanol–water partition coefficient (Wildman–Crippen LogP) is 2.93. The Morgan fingerprint density at radius 3 is 2.62 bits per heavy atom. The molecule has 1 aromatic carbocycles. The Morgan fingerprint density at radius 1 is 1.43 bits per heavy atom. The molecule has 1 rings (SSSR count). The molecule has 0 saturated carbocycles. The van der Waals surface area contributed by atoms with Crippen molar-refractivity contribution in [2.75, 3.05) is 20.3 Å². The van der Waals surface area contributed by atoms with Crippen molar-refractivity contribution in [3.05, 3.63) is 40.5 Å². The quantitative estimate of drug-likeness (QED) is 0.475. The molecule has 1 N–H and O–H groups in total. The second-order valence-corrected chi connectivity index (χ2v) is 5.73. The Labute approximate surface area is 124 Å². The number of hydrogen-bond donors (Lipinski definition) is 1. The first-order valence-corrected chi connectivity index (χ1v) is 6.60. The van der Waals surface area contributed by atoms with Crippen LogP contribution in [0.15, 0.2) is 30.4 Å². The van der Waals surface area contributed by atoms with Crippen LogP contribution in [-0.4, -0.2) is 30.7 Å². The average Bonchev–Trinajstić information content (AvgIpc) is 2.41. The van der Waals surface area contributed by atoms with E-state index in [0.29, 0.717) is 12.3 Å². The standard InChI is InChI=1S/C15H22N2O4/c1-11(9-16-15(2,3)4)10-21-14-8-12(20-5)6-7-13(14)17(18)19/h6-8,16H,1,9-10H2,2-5H3. The third kappa shape index (κ3) is 5.83. The molecule has 0 heterocycles. The number of nitro groups is 1. The van der Waals surface area contributed by atoms with Crippen molar-refractivity contribution in [3.63, 3.8) is 0 Å². The maximum atomic E-state index is 11.0. The number of methoxy groups -OCH3 is 1. The average molecular weight is 294 g/mol. The molecule has 0 aliphatic heterocycles. The minimum atomic E-state index is -0.481. The van der Waals surface area contributed by atoms with Crippen LogP contribution in [0.5, 0.6) is 11.5 Å². The summed E-state index contributed by atoms with van der Waals surface area (Å²) >= 11 is 0. The molecule has 0 spiro atoms. The highest BCUT2D eigenvalue weighted by atomic mass is 16.6. The van der Waals surface area contributed by atoms with Gasteiger partial charge in [0.1, 0.15) is 12.4 Å². The number of hydrogen-bond acceptors (Lipinski definition) is 5. The van der Waals surface area contributed by atoms with E-state index in [0.717, 1.165) is 5.57 Å². The molecule has 6 heteroatoms. The third-order valence-corrected chi connectivity index (χ3v) is 2.66. The van der Waals surface area contributed by atoms with E-state index >= 15 is 0 Å². The van der Waals surface area contributed by atoms with Crippen molar-refractivity contribution in [2.45, 2.75) is 26.3 Å². The summed E-state index contributed by atoms with van der Waals surface area (Å²) in [5.41, 5.74) is 0.694. The lowest BCUT2D eigenvalue weighted by Gasteiger charge is -2.21. The maximum absolute atomic E-state index is 11.0. The Kier molecular flexibility index (Phi) is 5.72. The minimum Gasteiger partial charge on any atom is -0.497 e. The van der Waals surface area contributed by atoms with Gasteiger partial charge in [-0.25, -0.2) is 0 Å². The third-order valence-electron chi connectivity index (χ3n) is 2.66. The summed E-state index contributed by atoms with van der Waals surface area (Å²) < 4.78 is 10.6. The molecule has 116 valence electrons. The molecule has 0 saturated heterocycles. The molecule has 0 aliphatic rings. The van der Waals surface area contributed by atoms with E-state index in [2.05, 4.69) is 11.9 Å². The van der Waals surface area contributed by atoms with Crippen molar-refractivity contribution in [1.82, 2.24) is 5.32 Å². The van der Waals surface area contributed by atoms with Crippen LogP contribution in [0.25, 0.3) is 0 Å². The van der Waals surface area contributed by atoms with Crippen LogP contribution in [0.2, 0.25) is 0 Å². The molecule has 21 heavy (non-hydrogen) atoms. The lowest BCUT2D eigenvalue weighted by molar-refractivity contribution is -0.385. The molecule has 0 atom stereocenters. The molecular weight excluding hydrogens is 272 g/mol. The first-order valence-electron chi connectivity index (χ1n) is 6.60. The van der Waals surface area contributed by atoms with Gasteiger partial charge in [-0.05, 0) is 32.4 Å². The highest BCUT2D eigenvalue weighted by molar-refractivity contribution is 5.50. The second kappa shape index (κ2) is 7.08. The normalized spacial score (nSPS) is 11.0. The summed E-state index contributed by atoms with van der Waals surface area (Å²) in [5.74, 6) is 0.685. The number of ether oxygens (including phenoxy) is 2. The minimum absolute atomic E-state index is 0.0229. The van der Waals surface area contributed by atoms with Gasteiger partial charge in [0.05, 0.1) is 12.0 Å². The highest BCUT2D eigenvalue weighted by Gasteiger charge is 2.16. The van der Waals surface area contributed by atoms with Crippen LogP contribution in [-0.2, 0) is 0 Å². The first kappa shape index (κ1) is 17.0. The van der Waals surface area contributed by atoms with Crippen LogP contribution < -0.4 is 14.8 Å². The van der Waals surface area contributed by atoms with E-state index in [1.165, 1.54) is 25.3 Å². The zero-order chi connectivity index (χ0) is 16.0. The fraction of sp³-hybridized carbons (Fsp3) is 0.467. The van der Waals surface area contributed by atoms with Gasteiger partial charge in [0.2, 0.25) is 5.75 Å². The van der Waals surface area contributed by atoms with Gasteiger partial charge in [0.15, 0.2) is 0 Å². The Morgan fingerprint density at radius 2 is 2.10 bits per heavy atom. The van der Waals surface area contributed by atoms with Crippen molar-refractivity contribution in [3.8, 4) is 11.5 Å². The van der Waals surface area contributed by atoms with Crippen molar-refractivity contribution in [1.29, 1.82) is 0 Å². The monoisotopic (exact) mass is 294 g/mol. The molecule has 0 amide bonds. The van der Waals surface area contributed by atoms with E-state index in [1.54, 1.807) is 0 Å². The molecule has 0 unspecified atom stereocenters. The molecule has 0 aliphatic carbocycles. The number of rotatable bonds is 7. The summed E-state index contributed by atoms with van der Waals surface area (Å²) in [5, 5.41) is 14.3. The van der Waals surface area contributed by atoms with E-state index in [1.807, 2.05) is 20.8 Å². The van der Waals surface area contributed by atoms with Crippen molar-refractivity contribution >= 4 is 5.69 Å². The number of nitrogens with zero attached hydrogens (tertiary/aromatic N) is 1. The molecule has 0 bridgehead atoms. The van der Waals surface area contributed by atoms with Gasteiger partial charge in [-0.3, -0.25) is 10.1 Å². The molecule has 0 aromatic heterocycles. The Bertz CT molecular complexity index is 521. The molecule has 1 aromatic rings. The SMILES string of the molecule is C=C(CNC(C)(C)C)COc1cc(OC)ccc1[N+](=O)[O-]. The number of nitrogens with one attached hydrogen (secondary N) is 1. The summed E-state index contributed by atoms with van der Waals surface area (Å²) in [7, 11) is 1.50. The van der Waals surface area contributed by atoms with E-state index in [9.17, 15) is 10.1 Å². The molecule has 0 radical (unpaired) electrons. The lowest BCUT2D eigenvalue weighted by Crippen LogP contribution is -2.37. The first-order chi connectivity index (χ1) is 9.73. The number of benzene rings is 1. The fourth-order valence-corrected chi connectivity index (χ4v) is 1.51. The van der Waals surface area contributed by atoms with Crippen LogP contribution in [0, 0.1) is 10.1 Å². The molecule has 0 fully saturated rings. The topological polar surface area (TPSA) is 73.6 Å². The summed E-state index contributed by atoms with van der Waals surface area (Å²) in [6.45, 7) is 10.8. The predicted molar refractivity (Wildman–Crippen MR) is 82.0 cm³/mol. The van der Waals surface area contributed by atoms with Crippen molar-refractivity contribution < 1.29 is 14.4 Å². The van der Waals surface area contributed by atoms with Gasteiger partial charge >= 0.3 is 5.69 Å².